The predicted octanol–water partition coefficient (Wildman–Crippen LogP) is 9.56. The number of hydrogen-bond donors (Lipinski definition) is 2. The number of benzene rings is 4. The maximum Gasteiger partial charge on any atom is 0.338 e. The van der Waals surface area contributed by atoms with E-state index in [2.05, 4.69) is 17.0 Å². The van der Waals surface area contributed by atoms with Crippen molar-refractivity contribution in [3.8, 4) is 5.69 Å². The van der Waals surface area contributed by atoms with Crippen LogP contribution in [0.5, 0.6) is 0 Å². The minimum Gasteiger partial charge on any atom is -0.462 e. The fraction of sp³-hybridized carbons (Fsp3) is 0.383. The molecule has 0 aliphatic carbocycles. The number of aromatic nitrogens is 2. The number of para-hydroxylation sites is 2. The van der Waals surface area contributed by atoms with Gasteiger partial charge in [0.2, 0.25) is 10.0 Å². The number of aliphatic imine (C=N–C) groups is 1. The third kappa shape index (κ3) is 13.6. The summed E-state index contributed by atoms with van der Waals surface area (Å²) in [5.74, 6) is -1.27. The summed E-state index contributed by atoms with van der Waals surface area (Å²) < 4.78 is 32.8. The van der Waals surface area contributed by atoms with Gasteiger partial charge in [-0.25, -0.2) is 27.9 Å². The molecule has 324 valence electrons. The first-order valence-corrected chi connectivity index (χ1v) is 23.4. The van der Waals surface area contributed by atoms with Gasteiger partial charge in [0.1, 0.15) is 0 Å². The standard InChI is InChI=1S/C47H57ClN6O6S/c1-5-7-8-9-10-11-12-13-14-20-31-60-47(57)35-25-27-39(48)42(33-35)52-45(55)43(50-40-28-26-37(32-34(40)3)53(6-2)30-29-49-61(4,58)59)44-51-41-24-19-18-23-38(41)46(56)54(44)36-21-16-15-17-22-36/h15-19,21-28,32-33,49H,5-14,20,29-31H2,1-4H3,(H,52,55). The molecule has 2 N–H and O–H groups in total. The summed E-state index contributed by atoms with van der Waals surface area (Å²) in [6, 6.07) is 25.8. The van der Waals surface area contributed by atoms with Crippen LogP contribution in [0, 0.1) is 6.92 Å². The van der Waals surface area contributed by atoms with Gasteiger partial charge in [0.15, 0.2) is 11.5 Å². The van der Waals surface area contributed by atoms with Crippen LogP contribution in [-0.2, 0) is 19.6 Å². The Morgan fingerprint density at radius 1 is 0.852 bits per heavy atom. The maximum absolute atomic E-state index is 14.7. The highest BCUT2D eigenvalue weighted by Crippen LogP contribution is 2.28. The molecule has 4 aromatic carbocycles. The zero-order valence-electron chi connectivity index (χ0n) is 35.6. The Bertz CT molecular complexity index is 2470. The van der Waals surface area contributed by atoms with E-state index in [9.17, 15) is 22.8 Å². The second kappa shape index (κ2) is 23.0. The van der Waals surface area contributed by atoms with Crippen molar-refractivity contribution in [2.24, 2.45) is 4.99 Å². The van der Waals surface area contributed by atoms with E-state index in [-0.39, 0.29) is 41.0 Å². The number of nitrogens with one attached hydrogen (secondary N) is 2. The molecular weight excluding hydrogens is 812 g/mol. The second-order valence-corrected chi connectivity index (χ2v) is 17.3. The number of anilines is 2. The van der Waals surface area contributed by atoms with Crippen molar-refractivity contribution >= 4 is 67.2 Å². The van der Waals surface area contributed by atoms with Crippen molar-refractivity contribution in [2.75, 3.05) is 42.7 Å². The minimum absolute atomic E-state index is 0.0129. The molecule has 1 aromatic heterocycles. The number of halogens is 1. The number of amides is 1. The molecule has 0 atom stereocenters. The first-order chi connectivity index (χ1) is 29.4. The van der Waals surface area contributed by atoms with E-state index in [4.69, 9.17) is 26.3 Å². The molecule has 0 saturated heterocycles. The quantitative estimate of drug-likeness (QED) is 0.0374. The van der Waals surface area contributed by atoms with Crippen molar-refractivity contribution < 1.29 is 22.7 Å². The van der Waals surface area contributed by atoms with Gasteiger partial charge in [-0.1, -0.05) is 107 Å². The van der Waals surface area contributed by atoms with Crippen LogP contribution in [0.15, 0.2) is 101 Å². The Morgan fingerprint density at radius 2 is 1.52 bits per heavy atom. The molecule has 1 amide bonds. The lowest BCUT2D eigenvalue weighted by molar-refractivity contribution is -0.110. The van der Waals surface area contributed by atoms with Crippen molar-refractivity contribution in [2.45, 2.75) is 85.0 Å². The number of rotatable bonds is 23. The highest BCUT2D eigenvalue weighted by atomic mass is 35.5. The van der Waals surface area contributed by atoms with Crippen LogP contribution in [0.25, 0.3) is 16.6 Å². The smallest absolute Gasteiger partial charge is 0.338 e. The molecule has 14 heteroatoms. The lowest BCUT2D eigenvalue weighted by Crippen LogP contribution is -2.34. The fourth-order valence-electron chi connectivity index (χ4n) is 7.00. The number of carbonyl (C=O) groups excluding carboxylic acids is 2. The van der Waals surface area contributed by atoms with Gasteiger partial charge in [-0.2, -0.15) is 0 Å². The van der Waals surface area contributed by atoms with E-state index in [1.807, 2.05) is 36.9 Å². The molecule has 0 saturated carbocycles. The van der Waals surface area contributed by atoms with E-state index < -0.39 is 27.5 Å². The molecule has 0 bridgehead atoms. The van der Waals surface area contributed by atoms with Crippen molar-refractivity contribution in [1.82, 2.24) is 14.3 Å². The number of ether oxygens (including phenoxy) is 1. The molecule has 0 spiro atoms. The maximum atomic E-state index is 14.7. The topological polar surface area (TPSA) is 152 Å². The third-order valence-corrected chi connectivity index (χ3v) is 11.4. The average Bonchev–Trinajstić information content (AvgIpc) is 3.24. The Balaban J connectivity index is 1.45. The number of carbonyl (C=O) groups is 2. The molecule has 0 aliphatic heterocycles. The SMILES string of the molecule is CCCCCCCCCCCCOC(=O)c1ccc(Cl)c(NC(=O)C(=Nc2ccc(N(CC)CCNS(C)(=O)=O)cc2C)c2nc3ccccc3c(=O)n2-c2ccccc2)c1. The lowest BCUT2D eigenvalue weighted by atomic mass is 10.1. The van der Waals surface area contributed by atoms with Crippen molar-refractivity contribution in [3.05, 3.63) is 123 Å². The highest BCUT2D eigenvalue weighted by Gasteiger charge is 2.25. The number of esters is 1. The number of unbranched alkanes of at least 4 members (excludes halogenated alkanes) is 9. The zero-order chi connectivity index (χ0) is 43.8. The average molecular weight is 870 g/mol. The Hall–Kier alpha value is -5.37. The van der Waals surface area contributed by atoms with Crippen LogP contribution in [-0.4, -0.2) is 68.1 Å². The van der Waals surface area contributed by atoms with Crippen LogP contribution in [0.2, 0.25) is 5.02 Å². The van der Waals surface area contributed by atoms with E-state index >= 15 is 0 Å². The lowest BCUT2D eigenvalue weighted by Gasteiger charge is -2.24. The van der Waals surface area contributed by atoms with Gasteiger partial charge < -0.3 is 15.0 Å². The molecule has 5 aromatic rings. The number of fused-ring (bicyclic) bond motifs is 1. The number of hydrogen-bond acceptors (Lipinski definition) is 9. The molecule has 12 nitrogen and oxygen atoms in total. The number of sulfonamides is 1. The van der Waals surface area contributed by atoms with Gasteiger partial charge in [-0.15, -0.1) is 0 Å². The van der Waals surface area contributed by atoms with E-state index in [0.29, 0.717) is 40.9 Å². The number of likely N-dealkylation sites (N-methyl/N-ethyl adjacent to an activating group) is 1. The second-order valence-electron chi connectivity index (χ2n) is 15.1. The summed E-state index contributed by atoms with van der Waals surface area (Å²) in [6.45, 7) is 7.58. The molecule has 61 heavy (non-hydrogen) atoms. The number of nitrogens with zero attached hydrogens (tertiary/aromatic N) is 4. The molecule has 0 fully saturated rings. The third-order valence-electron chi connectivity index (χ3n) is 10.3. The largest absolute Gasteiger partial charge is 0.462 e. The van der Waals surface area contributed by atoms with Gasteiger partial charge in [0.25, 0.3) is 11.5 Å². The van der Waals surface area contributed by atoms with E-state index in [1.165, 1.54) is 61.6 Å². The molecule has 1 heterocycles. The summed E-state index contributed by atoms with van der Waals surface area (Å²) in [5.41, 5.74) is 2.59. The first-order valence-electron chi connectivity index (χ1n) is 21.1. The van der Waals surface area contributed by atoms with Crippen LogP contribution in [0.1, 0.15) is 99.8 Å². The van der Waals surface area contributed by atoms with Crippen LogP contribution in [0.3, 0.4) is 0 Å². The van der Waals surface area contributed by atoms with Gasteiger partial charge in [0.05, 0.1) is 51.4 Å². The summed E-state index contributed by atoms with van der Waals surface area (Å²) in [5, 5.41) is 3.38. The number of aryl methyl sites for hydroxylation is 1. The van der Waals surface area contributed by atoms with Gasteiger partial charge in [0, 0.05) is 25.3 Å². The summed E-state index contributed by atoms with van der Waals surface area (Å²) >= 11 is 6.64. The normalized spacial score (nSPS) is 11.8. The molecular formula is C47H57ClN6O6S. The van der Waals surface area contributed by atoms with Crippen LogP contribution < -0.4 is 20.5 Å². The monoisotopic (exact) mass is 868 g/mol. The highest BCUT2D eigenvalue weighted by molar-refractivity contribution is 7.88. The van der Waals surface area contributed by atoms with Crippen LogP contribution >= 0.6 is 11.6 Å². The first kappa shape index (κ1) is 46.7. The Kier molecular flexibility index (Phi) is 17.6. The van der Waals surface area contributed by atoms with Crippen molar-refractivity contribution in [3.63, 3.8) is 0 Å². The van der Waals surface area contributed by atoms with Gasteiger partial charge in [-0.05, 0) is 86.5 Å². The van der Waals surface area contributed by atoms with E-state index in [1.54, 1.807) is 60.7 Å². The Labute approximate surface area is 364 Å². The summed E-state index contributed by atoms with van der Waals surface area (Å²) in [6.07, 6.45) is 12.8. The fourth-order valence-corrected chi connectivity index (χ4v) is 7.62. The molecule has 0 aliphatic rings. The predicted molar refractivity (Wildman–Crippen MR) is 248 cm³/mol. The summed E-state index contributed by atoms with van der Waals surface area (Å²) in [4.78, 5) is 53.9. The van der Waals surface area contributed by atoms with Crippen LogP contribution in [0.4, 0.5) is 17.1 Å². The van der Waals surface area contributed by atoms with E-state index in [0.717, 1.165) is 31.2 Å². The van der Waals surface area contributed by atoms with Crippen molar-refractivity contribution in [1.29, 1.82) is 0 Å². The zero-order valence-corrected chi connectivity index (χ0v) is 37.2. The summed E-state index contributed by atoms with van der Waals surface area (Å²) in [7, 11) is -3.35. The Morgan fingerprint density at radius 3 is 2.20 bits per heavy atom. The molecule has 5 rings (SSSR count). The van der Waals surface area contributed by atoms with Gasteiger partial charge >= 0.3 is 5.97 Å². The molecule has 0 radical (unpaired) electrons. The molecule has 0 unspecified atom stereocenters. The van der Waals surface area contributed by atoms with Gasteiger partial charge in [-0.3, -0.25) is 14.2 Å². The minimum atomic E-state index is -3.35.